The van der Waals surface area contributed by atoms with Crippen LogP contribution in [0.3, 0.4) is 0 Å². The molecule has 164 valence electrons. The molecular formula is C26H28N4O2. The summed E-state index contributed by atoms with van der Waals surface area (Å²) in [5.41, 5.74) is 5.46. The molecule has 2 aromatic heterocycles. The maximum absolute atomic E-state index is 5.76. The number of benzene rings is 2. The fourth-order valence-electron chi connectivity index (χ4n) is 4.12. The summed E-state index contributed by atoms with van der Waals surface area (Å²) in [6, 6.07) is 20.9. The van der Waals surface area contributed by atoms with Crippen LogP contribution in [0, 0.1) is 0 Å². The highest BCUT2D eigenvalue weighted by Crippen LogP contribution is 2.34. The lowest BCUT2D eigenvalue weighted by Crippen LogP contribution is -2.15. The van der Waals surface area contributed by atoms with Crippen LogP contribution in [-0.4, -0.2) is 53.4 Å². The first-order chi connectivity index (χ1) is 15.7. The molecule has 0 spiro atoms. The van der Waals surface area contributed by atoms with Gasteiger partial charge in [0.1, 0.15) is 13.2 Å². The van der Waals surface area contributed by atoms with E-state index >= 15 is 0 Å². The molecule has 1 aliphatic heterocycles. The minimum Gasteiger partial charge on any atom is -0.486 e. The Balaban J connectivity index is 1.39. The van der Waals surface area contributed by atoms with E-state index in [1.807, 2.05) is 34.8 Å². The van der Waals surface area contributed by atoms with E-state index in [4.69, 9.17) is 19.6 Å². The molecule has 3 heterocycles. The summed E-state index contributed by atoms with van der Waals surface area (Å²) in [6.45, 7) is 2.26. The van der Waals surface area contributed by atoms with Crippen molar-refractivity contribution < 1.29 is 9.47 Å². The second-order valence-electron chi connectivity index (χ2n) is 8.47. The van der Waals surface area contributed by atoms with Crippen molar-refractivity contribution >= 4 is 5.65 Å². The lowest BCUT2D eigenvalue weighted by Gasteiger charge is -2.19. The van der Waals surface area contributed by atoms with Crippen molar-refractivity contribution in [1.29, 1.82) is 0 Å². The van der Waals surface area contributed by atoms with E-state index in [1.54, 1.807) is 0 Å². The van der Waals surface area contributed by atoms with Crippen molar-refractivity contribution in [2.75, 3.05) is 33.9 Å². The van der Waals surface area contributed by atoms with Crippen LogP contribution in [0.2, 0.25) is 0 Å². The summed E-state index contributed by atoms with van der Waals surface area (Å²) >= 11 is 0. The molecule has 5 rings (SSSR count). The van der Waals surface area contributed by atoms with Gasteiger partial charge in [0.25, 0.3) is 0 Å². The van der Waals surface area contributed by atoms with Gasteiger partial charge in [-0.3, -0.25) is 0 Å². The van der Waals surface area contributed by atoms with Gasteiger partial charge in [-0.2, -0.15) is 5.10 Å². The Hall–Kier alpha value is -3.38. The normalized spacial score (nSPS) is 13.1. The van der Waals surface area contributed by atoms with Gasteiger partial charge < -0.3 is 14.4 Å². The van der Waals surface area contributed by atoms with Gasteiger partial charge in [-0.25, -0.2) is 9.50 Å². The summed E-state index contributed by atoms with van der Waals surface area (Å²) in [4.78, 5) is 7.01. The summed E-state index contributed by atoms with van der Waals surface area (Å²) in [7, 11) is 4.23. The average Bonchev–Trinajstić information content (AvgIpc) is 3.21. The zero-order valence-electron chi connectivity index (χ0n) is 18.6. The monoisotopic (exact) mass is 428 g/mol. The molecule has 0 amide bonds. The molecule has 6 nitrogen and oxygen atoms in total. The Labute approximate surface area is 188 Å². The highest BCUT2D eigenvalue weighted by molar-refractivity contribution is 5.66. The van der Waals surface area contributed by atoms with Crippen LogP contribution < -0.4 is 9.47 Å². The molecule has 0 bridgehead atoms. The number of ether oxygens (including phenoxy) is 2. The summed E-state index contributed by atoms with van der Waals surface area (Å²) < 4.78 is 13.3. The highest BCUT2D eigenvalue weighted by Gasteiger charge is 2.15. The van der Waals surface area contributed by atoms with Crippen LogP contribution in [0.25, 0.3) is 16.9 Å². The number of nitrogens with zero attached hydrogens (tertiary/aromatic N) is 4. The standard InChI is InChI=1S/C26H28N4O2/c1-29(2)13-5-8-19-6-3-7-20(16-19)17-25-27-26-10-4-9-22(30(26)28-25)21-11-12-23-24(18-21)32-15-14-31-23/h3-4,6-7,9-12,16,18H,5,8,13-15,17H2,1-2H3. The molecule has 6 heteroatoms. The zero-order valence-corrected chi connectivity index (χ0v) is 18.6. The smallest absolute Gasteiger partial charge is 0.162 e. The van der Waals surface area contributed by atoms with Crippen LogP contribution in [0.1, 0.15) is 23.4 Å². The number of aryl methyl sites for hydroxylation is 1. The maximum Gasteiger partial charge on any atom is 0.162 e. The summed E-state index contributed by atoms with van der Waals surface area (Å²) in [5.74, 6) is 2.38. The van der Waals surface area contributed by atoms with Crippen LogP contribution >= 0.6 is 0 Å². The topological polar surface area (TPSA) is 51.9 Å². The van der Waals surface area contributed by atoms with Gasteiger partial charge in [0.05, 0.1) is 5.69 Å². The number of fused-ring (bicyclic) bond motifs is 2. The first kappa shape index (κ1) is 20.5. The zero-order chi connectivity index (χ0) is 21.9. The highest BCUT2D eigenvalue weighted by atomic mass is 16.6. The minimum atomic E-state index is 0.572. The number of hydrogen-bond donors (Lipinski definition) is 0. The third-order valence-corrected chi connectivity index (χ3v) is 5.67. The molecule has 0 aliphatic carbocycles. The van der Waals surface area contributed by atoms with Crippen LogP contribution in [-0.2, 0) is 12.8 Å². The lowest BCUT2D eigenvalue weighted by atomic mass is 10.0. The van der Waals surface area contributed by atoms with Crippen molar-refractivity contribution in [3.8, 4) is 22.8 Å². The van der Waals surface area contributed by atoms with Crippen molar-refractivity contribution in [1.82, 2.24) is 19.5 Å². The summed E-state index contributed by atoms with van der Waals surface area (Å²) in [5, 5.41) is 4.84. The van der Waals surface area contributed by atoms with Gasteiger partial charge in [0.15, 0.2) is 23.0 Å². The predicted octanol–water partition coefficient (Wildman–Crippen LogP) is 4.25. The second kappa shape index (κ2) is 9.01. The van der Waals surface area contributed by atoms with Gasteiger partial charge in [-0.1, -0.05) is 30.3 Å². The molecule has 0 saturated heterocycles. The van der Waals surface area contributed by atoms with E-state index in [-0.39, 0.29) is 0 Å². The molecule has 0 fully saturated rings. The van der Waals surface area contributed by atoms with Gasteiger partial charge in [-0.05, 0) is 74.9 Å². The molecule has 32 heavy (non-hydrogen) atoms. The van der Waals surface area contributed by atoms with E-state index in [1.165, 1.54) is 11.1 Å². The molecule has 4 aromatic rings. The Bertz CT molecular complexity index is 1230. The fourth-order valence-corrected chi connectivity index (χ4v) is 4.12. The quantitative estimate of drug-likeness (QED) is 0.440. The predicted molar refractivity (Wildman–Crippen MR) is 126 cm³/mol. The van der Waals surface area contributed by atoms with Gasteiger partial charge in [0.2, 0.25) is 0 Å². The van der Waals surface area contributed by atoms with E-state index in [0.717, 1.165) is 53.6 Å². The number of pyridine rings is 1. The van der Waals surface area contributed by atoms with Crippen molar-refractivity contribution in [3.05, 3.63) is 77.6 Å². The molecular weight excluding hydrogens is 400 g/mol. The lowest BCUT2D eigenvalue weighted by molar-refractivity contribution is 0.171. The Kier molecular flexibility index (Phi) is 5.77. The summed E-state index contributed by atoms with van der Waals surface area (Å²) in [6.07, 6.45) is 2.95. The molecule has 0 unspecified atom stereocenters. The Morgan fingerprint density at radius 2 is 1.72 bits per heavy atom. The number of rotatable bonds is 7. The first-order valence-electron chi connectivity index (χ1n) is 11.1. The van der Waals surface area contributed by atoms with Crippen molar-refractivity contribution in [2.45, 2.75) is 19.3 Å². The molecule has 0 atom stereocenters. The Morgan fingerprint density at radius 1 is 0.906 bits per heavy atom. The molecule has 0 radical (unpaired) electrons. The van der Waals surface area contributed by atoms with Crippen molar-refractivity contribution in [2.24, 2.45) is 0 Å². The van der Waals surface area contributed by atoms with Crippen molar-refractivity contribution in [3.63, 3.8) is 0 Å². The maximum atomic E-state index is 5.76. The molecule has 1 aliphatic rings. The molecule has 2 aromatic carbocycles. The average molecular weight is 429 g/mol. The fraction of sp³-hybridized carbons (Fsp3) is 0.308. The van der Waals surface area contributed by atoms with E-state index in [9.17, 15) is 0 Å². The van der Waals surface area contributed by atoms with E-state index in [0.29, 0.717) is 19.6 Å². The number of hydrogen-bond acceptors (Lipinski definition) is 5. The van der Waals surface area contributed by atoms with Crippen LogP contribution in [0.4, 0.5) is 0 Å². The van der Waals surface area contributed by atoms with Gasteiger partial charge in [0, 0.05) is 12.0 Å². The third kappa shape index (κ3) is 4.46. The van der Waals surface area contributed by atoms with Gasteiger partial charge >= 0.3 is 0 Å². The van der Waals surface area contributed by atoms with Crippen LogP contribution in [0.15, 0.2) is 60.7 Å². The van der Waals surface area contributed by atoms with E-state index in [2.05, 4.69) is 49.3 Å². The molecule has 0 saturated carbocycles. The number of aromatic nitrogens is 3. The second-order valence-corrected chi connectivity index (χ2v) is 8.47. The van der Waals surface area contributed by atoms with Crippen LogP contribution in [0.5, 0.6) is 11.5 Å². The Morgan fingerprint density at radius 3 is 2.59 bits per heavy atom. The van der Waals surface area contributed by atoms with E-state index < -0.39 is 0 Å². The third-order valence-electron chi connectivity index (χ3n) is 5.67. The van der Waals surface area contributed by atoms with Gasteiger partial charge in [-0.15, -0.1) is 0 Å². The SMILES string of the molecule is CN(C)CCCc1cccc(Cc2nc3cccc(-c4ccc5c(c4)OCCO5)n3n2)c1. The minimum absolute atomic E-state index is 0.572. The largest absolute Gasteiger partial charge is 0.486 e. The molecule has 0 N–H and O–H groups in total. The first-order valence-corrected chi connectivity index (χ1v) is 11.1.